The van der Waals surface area contributed by atoms with Gasteiger partial charge in [-0.1, -0.05) is 0 Å². The number of hydrogen-bond donors (Lipinski definition) is 1. The molecule has 2 aromatic heterocycles. The molecule has 0 aromatic carbocycles. The number of sulfone groups is 1. The number of aromatic nitrogens is 3. The highest BCUT2D eigenvalue weighted by atomic mass is 32.2. The fourth-order valence-electron chi connectivity index (χ4n) is 1.72. The Morgan fingerprint density at radius 1 is 1.23 bits per heavy atom. The van der Waals surface area contributed by atoms with Crippen molar-refractivity contribution in [2.45, 2.75) is 31.2 Å². The Kier molecular flexibility index (Phi) is 3.98. The van der Waals surface area contributed by atoms with E-state index in [9.17, 15) is 21.6 Å². The number of halogens is 3. The minimum Gasteiger partial charge on any atom is -0.366 e. The van der Waals surface area contributed by atoms with Crippen LogP contribution in [0.2, 0.25) is 0 Å². The van der Waals surface area contributed by atoms with Gasteiger partial charge >= 0.3 is 6.18 Å². The van der Waals surface area contributed by atoms with Crippen molar-refractivity contribution in [1.82, 2.24) is 15.0 Å². The maximum atomic E-state index is 12.9. The Balaban J connectivity index is 2.76. The zero-order chi connectivity index (χ0) is 16.7. The lowest BCUT2D eigenvalue weighted by atomic mass is 10.2. The van der Waals surface area contributed by atoms with E-state index in [0.29, 0.717) is 0 Å². The van der Waals surface area contributed by atoms with Crippen molar-refractivity contribution >= 4 is 26.6 Å². The van der Waals surface area contributed by atoms with Gasteiger partial charge in [-0.15, -0.1) is 0 Å². The molecule has 0 radical (unpaired) electrons. The van der Waals surface area contributed by atoms with Crippen LogP contribution in [0.3, 0.4) is 0 Å². The zero-order valence-electron chi connectivity index (χ0n) is 11.9. The summed E-state index contributed by atoms with van der Waals surface area (Å²) in [4.78, 5) is 10.9. The normalized spacial score (nSPS) is 12.9. The van der Waals surface area contributed by atoms with E-state index in [0.717, 1.165) is 18.5 Å². The van der Waals surface area contributed by atoms with Crippen LogP contribution in [-0.2, 0) is 16.0 Å². The van der Waals surface area contributed by atoms with Crippen molar-refractivity contribution in [3.05, 3.63) is 18.0 Å². The molecule has 0 saturated carbocycles. The lowest BCUT2D eigenvalue weighted by Gasteiger charge is -2.14. The lowest BCUT2D eigenvalue weighted by Crippen LogP contribution is -2.16. The van der Waals surface area contributed by atoms with Gasteiger partial charge in [0.05, 0.1) is 0 Å². The molecule has 0 unspecified atom stereocenters. The molecule has 120 valence electrons. The number of anilines is 1. The third-order valence-corrected chi connectivity index (χ3v) is 3.45. The maximum absolute atomic E-state index is 12.9. The summed E-state index contributed by atoms with van der Waals surface area (Å²) in [5.74, 6) is -0.132. The maximum Gasteiger partial charge on any atom is 0.433 e. The second-order valence-corrected chi connectivity index (χ2v) is 6.92. The number of nitrogens with zero attached hydrogens (tertiary/aromatic N) is 3. The highest BCUT2D eigenvalue weighted by molar-refractivity contribution is 7.90. The third-order valence-electron chi connectivity index (χ3n) is 2.59. The van der Waals surface area contributed by atoms with Gasteiger partial charge in [-0.25, -0.2) is 23.4 Å². The molecule has 2 heterocycles. The molecule has 6 nitrogen and oxygen atoms in total. The van der Waals surface area contributed by atoms with Crippen molar-refractivity contribution in [2.75, 3.05) is 11.6 Å². The molecule has 0 bridgehead atoms. The SMILES string of the molecule is CC(C)Nc1nc(C(F)(F)F)cc2cnc(S(C)(=O)=O)nc12. The van der Waals surface area contributed by atoms with Crippen LogP contribution in [0, 0.1) is 0 Å². The highest BCUT2D eigenvalue weighted by Crippen LogP contribution is 2.32. The Hall–Kier alpha value is -1.97. The zero-order valence-corrected chi connectivity index (χ0v) is 12.7. The Morgan fingerprint density at radius 3 is 2.36 bits per heavy atom. The van der Waals surface area contributed by atoms with Crippen LogP contribution >= 0.6 is 0 Å². The van der Waals surface area contributed by atoms with Gasteiger partial charge in [0.1, 0.15) is 11.2 Å². The molecule has 0 aliphatic heterocycles. The van der Waals surface area contributed by atoms with Gasteiger partial charge in [0.2, 0.25) is 15.0 Å². The van der Waals surface area contributed by atoms with E-state index in [-0.39, 0.29) is 22.8 Å². The van der Waals surface area contributed by atoms with Gasteiger partial charge in [0.25, 0.3) is 0 Å². The molecule has 0 aliphatic carbocycles. The van der Waals surface area contributed by atoms with E-state index in [1.54, 1.807) is 13.8 Å². The van der Waals surface area contributed by atoms with E-state index >= 15 is 0 Å². The van der Waals surface area contributed by atoms with E-state index < -0.39 is 26.9 Å². The molecule has 2 aromatic rings. The van der Waals surface area contributed by atoms with Crippen molar-refractivity contribution in [3.8, 4) is 0 Å². The van der Waals surface area contributed by atoms with Crippen LogP contribution in [0.25, 0.3) is 10.9 Å². The monoisotopic (exact) mass is 334 g/mol. The van der Waals surface area contributed by atoms with Crippen LogP contribution in [0.4, 0.5) is 19.0 Å². The summed E-state index contributed by atoms with van der Waals surface area (Å²) < 4.78 is 61.6. The van der Waals surface area contributed by atoms with Crippen molar-refractivity contribution in [1.29, 1.82) is 0 Å². The fourth-order valence-corrected chi connectivity index (χ4v) is 2.22. The molecule has 2 rings (SSSR count). The molecule has 0 spiro atoms. The van der Waals surface area contributed by atoms with Gasteiger partial charge in [-0.3, -0.25) is 0 Å². The predicted molar refractivity (Wildman–Crippen MR) is 74.2 cm³/mol. The summed E-state index contributed by atoms with van der Waals surface area (Å²) in [7, 11) is -3.68. The lowest BCUT2D eigenvalue weighted by molar-refractivity contribution is -0.141. The molecule has 10 heteroatoms. The van der Waals surface area contributed by atoms with Gasteiger partial charge in [-0.2, -0.15) is 13.2 Å². The first-order chi connectivity index (χ1) is 9.98. The van der Waals surface area contributed by atoms with E-state index in [2.05, 4.69) is 20.3 Å². The number of rotatable bonds is 3. The summed E-state index contributed by atoms with van der Waals surface area (Å²) in [5.41, 5.74) is -1.07. The largest absolute Gasteiger partial charge is 0.433 e. The standard InChI is InChI=1S/C12H13F3N4O2S/c1-6(2)17-10-9-7(4-8(18-10)12(13,14)15)5-16-11(19-9)22(3,20)21/h4-6H,1-3H3,(H,17,18). The van der Waals surface area contributed by atoms with Gasteiger partial charge in [-0.05, 0) is 19.9 Å². The first-order valence-electron chi connectivity index (χ1n) is 6.20. The molecule has 0 amide bonds. The smallest absolute Gasteiger partial charge is 0.366 e. The minimum atomic E-state index is -4.63. The quantitative estimate of drug-likeness (QED) is 0.867. The number of alkyl halides is 3. The van der Waals surface area contributed by atoms with Crippen molar-refractivity contribution in [3.63, 3.8) is 0 Å². The number of hydrogen-bond acceptors (Lipinski definition) is 6. The Morgan fingerprint density at radius 2 is 1.86 bits per heavy atom. The predicted octanol–water partition coefficient (Wildman–Crippen LogP) is 2.27. The molecule has 0 atom stereocenters. The fraction of sp³-hybridized carbons (Fsp3) is 0.417. The first-order valence-corrected chi connectivity index (χ1v) is 8.09. The van der Waals surface area contributed by atoms with Crippen LogP contribution in [0.15, 0.2) is 17.4 Å². The Labute approximate surface area is 124 Å². The topological polar surface area (TPSA) is 84.8 Å². The van der Waals surface area contributed by atoms with Gasteiger partial charge in [0, 0.05) is 23.9 Å². The number of nitrogens with one attached hydrogen (secondary N) is 1. The number of pyridine rings is 1. The van der Waals surface area contributed by atoms with Crippen LogP contribution in [0.1, 0.15) is 19.5 Å². The van der Waals surface area contributed by atoms with E-state index in [1.165, 1.54) is 0 Å². The second-order valence-electron chi connectivity index (χ2n) is 5.02. The van der Waals surface area contributed by atoms with Gasteiger partial charge in [0.15, 0.2) is 5.82 Å². The highest BCUT2D eigenvalue weighted by Gasteiger charge is 2.34. The Bertz CT molecular complexity index is 819. The molecule has 0 aliphatic rings. The first kappa shape index (κ1) is 16.4. The van der Waals surface area contributed by atoms with Crippen LogP contribution in [-0.4, -0.2) is 35.7 Å². The van der Waals surface area contributed by atoms with E-state index in [4.69, 9.17) is 0 Å². The summed E-state index contributed by atoms with van der Waals surface area (Å²) >= 11 is 0. The molecular formula is C12H13F3N4O2S. The second kappa shape index (κ2) is 5.34. The van der Waals surface area contributed by atoms with Crippen LogP contribution in [0.5, 0.6) is 0 Å². The van der Waals surface area contributed by atoms with Crippen LogP contribution < -0.4 is 5.32 Å². The molecular weight excluding hydrogens is 321 g/mol. The minimum absolute atomic E-state index is 0.0251. The summed E-state index contributed by atoms with van der Waals surface area (Å²) in [5, 5.41) is 2.33. The molecule has 0 fully saturated rings. The summed E-state index contributed by atoms with van der Waals surface area (Å²) in [6, 6.07) is 0.572. The van der Waals surface area contributed by atoms with E-state index in [1.807, 2.05) is 0 Å². The van der Waals surface area contributed by atoms with Crippen molar-refractivity contribution < 1.29 is 21.6 Å². The molecule has 0 saturated heterocycles. The van der Waals surface area contributed by atoms with Crippen molar-refractivity contribution in [2.24, 2.45) is 0 Å². The third kappa shape index (κ3) is 3.43. The molecule has 1 N–H and O–H groups in total. The average molecular weight is 334 g/mol. The van der Waals surface area contributed by atoms with Gasteiger partial charge < -0.3 is 5.32 Å². The average Bonchev–Trinajstić information content (AvgIpc) is 2.35. The molecule has 22 heavy (non-hydrogen) atoms. The number of fused-ring (bicyclic) bond motifs is 1. The summed E-state index contributed by atoms with van der Waals surface area (Å²) in [6.07, 6.45) is -2.67. The summed E-state index contributed by atoms with van der Waals surface area (Å²) in [6.45, 7) is 3.43.